The van der Waals surface area contributed by atoms with E-state index in [1.807, 2.05) is 78.9 Å². The van der Waals surface area contributed by atoms with Gasteiger partial charge in [0, 0.05) is 12.9 Å². The van der Waals surface area contributed by atoms with Crippen molar-refractivity contribution < 1.29 is 32.8 Å². The van der Waals surface area contributed by atoms with E-state index in [2.05, 4.69) is 0 Å². The molecule has 5 rings (SSSR count). The Hall–Kier alpha value is -2.94. The number of benzene rings is 3. The molecule has 2 radical (unpaired) electrons. The van der Waals surface area contributed by atoms with Gasteiger partial charge in [0.1, 0.15) is 31.1 Å². The molecular weight excluding hydrogens is 528 g/mol. The minimum absolute atomic E-state index is 0.0817. The van der Waals surface area contributed by atoms with Gasteiger partial charge in [0.25, 0.3) is 8.53 Å². The lowest BCUT2D eigenvalue weighted by Crippen LogP contribution is -2.38. The van der Waals surface area contributed by atoms with Gasteiger partial charge < -0.3 is 28.0 Å². The second kappa shape index (κ2) is 12.7. The molecule has 0 bridgehead atoms. The molecule has 0 aliphatic carbocycles. The van der Waals surface area contributed by atoms with E-state index in [1.54, 1.807) is 18.9 Å². The van der Waals surface area contributed by atoms with Gasteiger partial charge in [-0.25, -0.2) is 0 Å². The zero-order chi connectivity index (χ0) is 28.1. The highest BCUT2D eigenvalue weighted by Gasteiger charge is 2.43. The zero-order valence-electron chi connectivity index (χ0n) is 22.9. The molecular formula is C30H33BNO7P. The van der Waals surface area contributed by atoms with Gasteiger partial charge in [-0.3, -0.25) is 9.46 Å². The van der Waals surface area contributed by atoms with Crippen molar-refractivity contribution in [1.29, 1.82) is 0 Å². The maximum absolute atomic E-state index is 12.1. The van der Waals surface area contributed by atoms with E-state index in [0.29, 0.717) is 19.6 Å². The molecule has 0 saturated carbocycles. The number of rotatable bonds is 10. The highest BCUT2D eigenvalue weighted by atomic mass is 31.2. The summed E-state index contributed by atoms with van der Waals surface area (Å²) >= 11 is 0. The predicted octanol–water partition coefficient (Wildman–Crippen LogP) is 4.79. The minimum Gasteiger partial charge on any atom is -0.497 e. The number of carbonyl (C=O) groups excluding carboxylic acids is 1. The summed E-state index contributed by atoms with van der Waals surface area (Å²) < 4.78 is 37.6. The van der Waals surface area contributed by atoms with Crippen LogP contribution in [-0.4, -0.2) is 70.6 Å². The first kappa shape index (κ1) is 28.6. The third kappa shape index (κ3) is 5.90. The summed E-state index contributed by atoms with van der Waals surface area (Å²) in [7, 11) is 7.98. The molecule has 0 spiro atoms. The molecule has 2 heterocycles. The molecule has 40 heavy (non-hydrogen) atoms. The summed E-state index contributed by atoms with van der Waals surface area (Å²) in [5.41, 5.74) is 1.77. The van der Waals surface area contributed by atoms with Crippen molar-refractivity contribution in [2.24, 2.45) is 0 Å². The largest absolute Gasteiger partial charge is 0.497 e. The molecule has 4 atom stereocenters. The van der Waals surface area contributed by atoms with Crippen molar-refractivity contribution in [2.45, 2.75) is 37.2 Å². The molecule has 8 nitrogen and oxygen atoms in total. The van der Waals surface area contributed by atoms with Crippen LogP contribution < -0.4 is 9.47 Å². The van der Waals surface area contributed by atoms with Crippen molar-refractivity contribution in [3.63, 3.8) is 0 Å². The average Bonchev–Trinajstić information content (AvgIpc) is 3.60. The lowest BCUT2D eigenvalue weighted by atomic mass is 9.80. The monoisotopic (exact) mass is 561 g/mol. The third-order valence-corrected chi connectivity index (χ3v) is 8.89. The first-order chi connectivity index (χ1) is 19.4. The van der Waals surface area contributed by atoms with Crippen LogP contribution in [0.25, 0.3) is 0 Å². The molecule has 0 N–H and O–H groups in total. The van der Waals surface area contributed by atoms with Gasteiger partial charge in [0.2, 0.25) is 5.91 Å². The Morgan fingerprint density at radius 1 is 0.950 bits per heavy atom. The predicted molar refractivity (Wildman–Crippen MR) is 152 cm³/mol. The fraction of sp³-hybridized carbons (Fsp3) is 0.367. The smallest absolute Gasteiger partial charge is 0.292 e. The third-order valence-electron chi connectivity index (χ3n) is 7.16. The van der Waals surface area contributed by atoms with Crippen LogP contribution in [0.3, 0.4) is 0 Å². The number of carbonyl (C=O) groups is 1. The van der Waals surface area contributed by atoms with Crippen molar-refractivity contribution >= 4 is 22.3 Å². The van der Waals surface area contributed by atoms with E-state index < -0.39 is 32.3 Å². The van der Waals surface area contributed by atoms with E-state index in [4.69, 9.17) is 35.8 Å². The fourth-order valence-corrected chi connectivity index (χ4v) is 6.60. The quantitative estimate of drug-likeness (QED) is 0.200. The number of hydrogen-bond donors (Lipinski definition) is 0. The molecule has 3 aromatic rings. The van der Waals surface area contributed by atoms with Crippen LogP contribution in [0, 0.1) is 0 Å². The van der Waals surface area contributed by atoms with Crippen LogP contribution in [0.5, 0.6) is 11.5 Å². The van der Waals surface area contributed by atoms with Crippen LogP contribution >= 0.6 is 8.53 Å². The topological polar surface area (TPSA) is 75.7 Å². The van der Waals surface area contributed by atoms with Gasteiger partial charge in [-0.1, -0.05) is 54.6 Å². The summed E-state index contributed by atoms with van der Waals surface area (Å²) in [5.74, 6) is 1.41. The Bertz CT molecular complexity index is 1210. The lowest BCUT2D eigenvalue weighted by Gasteiger charge is -2.37. The maximum atomic E-state index is 12.1. The number of hydrogen-bond acceptors (Lipinski definition) is 7. The van der Waals surface area contributed by atoms with Crippen LogP contribution in [0.2, 0.25) is 0 Å². The second-order valence-electron chi connectivity index (χ2n) is 9.62. The Morgan fingerprint density at radius 2 is 1.52 bits per heavy atom. The number of nitrogens with zero attached hydrogens (tertiary/aromatic N) is 1. The van der Waals surface area contributed by atoms with Gasteiger partial charge in [0.15, 0.2) is 0 Å². The number of methoxy groups -OCH3 is 2. The average molecular weight is 561 g/mol. The summed E-state index contributed by atoms with van der Waals surface area (Å²) in [6.45, 7) is 2.64. The molecule has 3 aromatic carbocycles. The zero-order valence-corrected chi connectivity index (χ0v) is 23.8. The number of amides is 1. The Morgan fingerprint density at radius 3 is 2.08 bits per heavy atom. The summed E-state index contributed by atoms with van der Waals surface area (Å²) in [6.07, 6.45) is -0.415. The second-order valence-corrected chi connectivity index (χ2v) is 11.0. The van der Waals surface area contributed by atoms with E-state index in [-0.39, 0.29) is 12.5 Å². The number of ether oxygens (including phenoxy) is 4. The Kier molecular flexibility index (Phi) is 9.08. The van der Waals surface area contributed by atoms with Gasteiger partial charge in [-0.15, -0.1) is 0 Å². The van der Waals surface area contributed by atoms with E-state index in [9.17, 15) is 4.79 Å². The minimum atomic E-state index is -1.52. The molecule has 2 saturated heterocycles. The van der Waals surface area contributed by atoms with Gasteiger partial charge in [-0.2, -0.15) is 0 Å². The van der Waals surface area contributed by atoms with E-state index in [1.165, 1.54) is 6.92 Å². The molecule has 2 unspecified atom stereocenters. The van der Waals surface area contributed by atoms with Crippen LogP contribution in [0.4, 0.5) is 0 Å². The first-order valence-corrected chi connectivity index (χ1v) is 14.3. The van der Waals surface area contributed by atoms with Crippen molar-refractivity contribution in [3.8, 4) is 11.5 Å². The molecule has 2 fully saturated rings. The van der Waals surface area contributed by atoms with Gasteiger partial charge in [0.05, 0.1) is 40.1 Å². The summed E-state index contributed by atoms with van der Waals surface area (Å²) in [4.78, 5) is 12.1. The molecule has 10 heteroatoms. The molecule has 208 valence electrons. The Balaban J connectivity index is 1.51. The van der Waals surface area contributed by atoms with Crippen LogP contribution in [0.1, 0.15) is 30.0 Å². The van der Waals surface area contributed by atoms with Gasteiger partial charge >= 0.3 is 0 Å². The van der Waals surface area contributed by atoms with Crippen molar-refractivity contribution in [1.82, 2.24) is 4.67 Å². The molecule has 1 amide bonds. The summed E-state index contributed by atoms with van der Waals surface area (Å²) in [6, 6.07) is 25.2. The molecule has 2 aliphatic rings. The molecule has 0 aromatic heterocycles. The summed E-state index contributed by atoms with van der Waals surface area (Å²) in [5, 5.41) is 0. The van der Waals surface area contributed by atoms with Crippen molar-refractivity contribution in [3.05, 3.63) is 95.6 Å². The highest BCUT2D eigenvalue weighted by Crippen LogP contribution is 2.50. The van der Waals surface area contributed by atoms with Gasteiger partial charge in [-0.05, 0) is 47.4 Å². The highest BCUT2D eigenvalue weighted by molar-refractivity contribution is 7.45. The van der Waals surface area contributed by atoms with E-state index in [0.717, 1.165) is 28.2 Å². The lowest BCUT2D eigenvalue weighted by molar-refractivity contribution is -0.124. The SMILES string of the molecule is [B][C@H]1CC(OP2OCCN2C(C)=O)[C@@H](COC(c2ccccc2)(c2ccc(OC)cc2)c2ccc(OC)cc2)O1. The standard InChI is InChI=1S/C30H33BNO7P/c1-21(33)32-17-18-37-40(32)39-27-19-29(31)38-28(27)20-36-30(22-7-5-4-6-8-22,23-9-13-25(34-2)14-10-23)24-11-15-26(35-3)16-12-24/h4-16,27-29H,17-20H2,1-3H3/t27?,28-,29-,40?/m1/s1. The normalized spacial score (nSPS) is 22.8. The van der Waals surface area contributed by atoms with Crippen LogP contribution in [-0.2, 0) is 28.9 Å². The van der Waals surface area contributed by atoms with Crippen molar-refractivity contribution in [2.75, 3.05) is 34.0 Å². The fourth-order valence-electron chi connectivity index (χ4n) is 5.12. The van der Waals surface area contributed by atoms with E-state index >= 15 is 0 Å². The molecule has 2 aliphatic heterocycles. The van der Waals surface area contributed by atoms with Crippen LogP contribution in [0.15, 0.2) is 78.9 Å². The maximum Gasteiger partial charge on any atom is 0.292 e. The Labute approximate surface area is 237 Å². The first-order valence-electron chi connectivity index (χ1n) is 13.2.